The lowest BCUT2D eigenvalue weighted by Gasteiger charge is -2.10. The number of carboxylic acid groups (broad SMARTS) is 1. The van der Waals surface area contributed by atoms with Crippen LogP contribution in [0.4, 0.5) is 52.7 Å². The van der Waals surface area contributed by atoms with Crippen LogP contribution < -0.4 is 56.8 Å². The summed E-state index contributed by atoms with van der Waals surface area (Å²) in [4.78, 5) is 44.0. The zero-order valence-corrected chi connectivity index (χ0v) is 62.8. The van der Waals surface area contributed by atoms with E-state index in [0.717, 1.165) is 23.7 Å². The minimum Gasteiger partial charge on any atom is -0.481 e. The molecule has 6 aliphatic heterocycles. The van der Waals surface area contributed by atoms with Crippen molar-refractivity contribution >= 4 is 108 Å². The lowest BCUT2D eigenvalue weighted by Crippen LogP contribution is -2.26. The van der Waals surface area contributed by atoms with E-state index in [1.54, 1.807) is 37.3 Å². The number of Topliss-reactive ketones (excluding diaryl/α,β-unsaturated/α-hetero) is 2. The minimum atomic E-state index is -3.72. The van der Waals surface area contributed by atoms with Crippen LogP contribution in [0.3, 0.4) is 0 Å². The Morgan fingerprint density at radius 2 is 0.873 bits per heavy atom. The second kappa shape index (κ2) is 36.3. The van der Waals surface area contributed by atoms with Gasteiger partial charge in [0.05, 0.1) is 53.4 Å². The first-order chi connectivity index (χ1) is 51.5. The van der Waals surface area contributed by atoms with Crippen LogP contribution in [-0.2, 0) is 55.8 Å². The molecule has 588 valence electrons. The van der Waals surface area contributed by atoms with Crippen molar-refractivity contribution in [2.75, 3.05) is 24.4 Å². The van der Waals surface area contributed by atoms with Gasteiger partial charge in [0, 0.05) is 43.7 Å². The van der Waals surface area contributed by atoms with Gasteiger partial charge in [0.25, 0.3) is 0 Å². The van der Waals surface area contributed by atoms with Crippen LogP contribution in [0.1, 0.15) is 92.5 Å². The van der Waals surface area contributed by atoms with E-state index >= 15 is 0 Å². The Labute approximate surface area is 652 Å². The van der Waals surface area contributed by atoms with Crippen LogP contribution in [0, 0.1) is 45.3 Å². The number of nitriles is 4. The zero-order valence-electron chi connectivity index (χ0n) is 55.8. The van der Waals surface area contributed by atoms with Crippen molar-refractivity contribution in [1.82, 2.24) is 0 Å². The van der Waals surface area contributed by atoms with E-state index in [4.69, 9.17) is 58.3 Å². The molecule has 1 atom stereocenters. The molecule has 1 N–H and O–H groups in total. The van der Waals surface area contributed by atoms with Crippen molar-refractivity contribution in [2.45, 2.75) is 125 Å². The molecule has 6 heterocycles. The van der Waals surface area contributed by atoms with Gasteiger partial charge < -0.3 is 66.7 Å². The lowest BCUT2D eigenvalue weighted by atomic mass is 9.96. The second-order valence-electron chi connectivity index (χ2n) is 23.1. The molecule has 3 fully saturated rings. The third-order valence-electron chi connectivity index (χ3n) is 15.3. The number of nitrogens with zero attached hydrogens (tertiary/aromatic N) is 4. The maximum absolute atomic E-state index is 12.9. The molecule has 0 amide bonds. The first-order valence-electron chi connectivity index (χ1n) is 31.0. The molecule has 1 unspecified atom stereocenters. The number of hydrogen-bond acceptors (Lipinski definition) is 22. The zero-order chi connectivity index (χ0) is 81.6. The van der Waals surface area contributed by atoms with E-state index < -0.39 is 86.2 Å². The monoisotopic (exact) mass is 1780 g/mol. The molecule has 6 aromatic carbocycles. The Kier molecular flexibility index (Phi) is 29.0. The maximum atomic E-state index is 12.9. The third kappa shape index (κ3) is 24.1. The van der Waals surface area contributed by atoms with Crippen LogP contribution in [0.2, 0.25) is 0 Å². The highest BCUT2D eigenvalue weighted by molar-refractivity contribution is 9.10. The van der Waals surface area contributed by atoms with Crippen LogP contribution in [0.25, 0.3) is 0 Å². The number of carbonyl (C=O) groups excluding carboxylic acids is 3. The predicted octanol–water partition coefficient (Wildman–Crippen LogP) is 17.7. The predicted molar refractivity (Wildman–Crippen MR) is 365 cm³/mol. The number of carboxylic acids is 1. The van der Waals surface area contributed by atoms with Crippen molar-refractivity contribution in [3.05, 3.63) is 141 Å². The number of alkyl halides is 14. The number of ether oxygens (including phenoxy) is 13. The van der Waals surface area contributed by atoms with Crippen LogP contribution >= 0.6 is 76.4 Å². The van der Waals surface area contributed by atoms with E-state index in [-0.39, 0.29) is 99.8 Å². The summed E-state index contributed by atoms with van der Waals surface area (Å²) in [5, 5.41) is 43.7. The summed E-state index contributed by atoms with van der Waals surface area (Å²) in [6, 6.07) is 33.2. The van der Waals surface area contributed by atoms with E-state index in [2.05, 4.69) is 116 Å². The molecule has 0 aromatic heterocycles. The van der Waals surface area contributed by atoms with Crippen LogP contribution in [0.5, 0.6) is 69.0 Å². The summed E-state index contributed by atoms with van der Waals surface area (Å²) in [5.41, 5.74) is 0.507. The number of halogens is 18. The molecule has 110 heavy (non-hydrogen) atoms. The smallest absolute Gasteiger partial charge is 0.481 e. The van der Waals surface area contributed by atoms with E-state index in [9.17, 15) is 71.9 Å². The summed E-state index contributed by atoms with van der Waals surface area (Å²) < 4.78 is 218. The van der Waals surface area contributed by atoms with Gasteiger partial charge in [0.15, 0.2) is 74.8 Å². The molecule has 3 saturated carbocycles. The fourth-order valence-corrected chi connectivity index (χ4v) is 10.4. The normalized spacial score (nSPS) is 18.2. The molecule has 42 heteroatoms. The highest BCUT2D eigenvalue weighted by atomic mass is 79.9. The van der Waals surface area contributed by atoms with Gasteiger partial charge in [-0.3, -0.25) is 19.2 Å². The molecule has 0 saturated heterocycles. The van der Waals surface area contributed by atoms with Gasteiger partial charge in [-0.05, 0) is 171 Å². The Bertz CT molecular complexity index is 4520. The fourth-order valence-electron chi connectivity index (χ4n) is 9.80. The number of aliphatic carboxylic acids is 1. The average molecular weight is 1790 g/mol. The highest BCUT2D eigenvalue weighted by Gasteiger charge is 2.55. The molecule has 23 nitrogen and oxygen atoms in total. The number of benzene rings is 6. The summed E-state index contributed by atoms with van der Waals surface area (Å²) in [6.45, 7) is 3.25. The van der Waals surface area contributed by atoms with Gasteiger partial charge in [-0.2, -0.15) is 21.0 Å². The van der Waals surface area contributed by atoms with Crippen molar-refractivity contribution in [3.63, 3.8) is 0 Å². The number of fused-ring (bicyclic) bond motifs is 6. The number of carbonyl (C=O) groups is 4. The summed E-state index contributed by atoms with van der Waals surface area (Å²) in [6.07, 6.45) is -17.7. The molecule has 0 spiro atoms. The number of rotatable bonds is 13. The van der Waals surface area contributed by atoms with Crippen molar-refractivity contribution in [3.8, 4) is 93.3 Å². The summed E-state index contributed by atoms with van der Waals surface area (Å²) in [5.74, 6) is -2.34. The average Bonchev–Trinajstić information content (AvgIpc) is 1.60. The SMILES string of the molecule is CC(=O)CC#N.CCOCC(=O)C(C#N)c1ccc2c(c1)OC(F)(F)O2.ClCCBr.FC1(F)Oc2ccc(Br)cc2O1.N#CC1(c2ccc3c(c2)OC(F)(F)O3)CC1.N#CCc1ccc2c(c1)OC(F)(F)O2.O=C(Cl)C1(c2ccc3c(c2)OC(F)(F)O3)CC1.O=C(O)C1(c2ccc3c(c2)OC(F)(F)O3)CC1.O=S(Cl)Cl. The molecular weight excluding hydrogens is 1740 g/mol. The van der Waals surface area contributed by atoms with Gasteiger partial charge >= 0.3 is 43.7 Å². The van der Waals surface area contributed by atoms with E-state index in [1.165, 1.54) is 91.9 Å². The summed E-state index contributed by atoms with van der Waals surface area (Å²) in [7, 11) is 7.36. The van der Waals surface area contributed by atoms with E-state index in [1.807, 2.05) is 12.1 Å². The minimum absolute atomic E-state index is 0.00307. The molecule has 3 aliphatic carbocycles. The topological polar surface area (TPSA) is 321 Å². The van der Waals surface area contributed by atoms with Gasteiger partial charge in [0.2, 0.25) is 14.5 Å². The van der Waals surface area contributed by atoms with Crippen molar-refractivity contribution in [2.24, 2.45) is 0 Å². The van der Waals surface area contributed by atoms with Crippen LogP contribution in [-0.4, -0.2) is 94.3 Å². The molecule has 15 rings (SSSR count). The Hall–Kier alpha value is -9.25. The molecule has 0 bridgehead atoms. The Morgan fingerprint density at radius 1 is 0.527 bits per heavy atom. The number of hydrogen-bond donors (Lipinski definition) is 1. The molecule has 6 aromatic rings. The van der Waals surface area contributed by atoms with E-state index in [0.29, 0.717) is 59.3 Å². The highest BCUT2D eigenvalue weighted by Crippen LogP contribution is 2.55. The largest absolute Gasteiger partial charge is 0.586 e. The molecular formula is C68H50Br2Cl4F12N4O19S. The van der Waals surface area contributed by atoms with Gasteiger partial charge in [-0.1, -0.05) is 62.2 Å². The van der Waals surface area contributed by atoms with Gasteiger partial charge in [0.1, 0.15) is 18.3 Å². The molecule has 9 aliphatic rings. The second-order valence-corrected chi connectivity index (χ2v) is 28.1. The lowest BCUT2D eigenvalue weighted by molar-refractivity contribution is -0.287. The third-order valence-corrected chi connectivity index (χ3v) is 17.2. The Balaban J connectivity index is 0.000000178. The first kappa shape index (κ1) is 88.0. The van der Waals surface area contributed by atoms with Gasteiger partial charge in [-0.25, -0.2) is 4.21 Å². The maximum Gasteiger partial charge on any atom is 0.586 e. The van der Waals surface area contributed by atoms with Crippen molar-refractivity contribution in [1.29, 1.82) is 21.0 Å². The molecule has 0 radical (unpaired) electrons. The summed E-state index contributed by atoms with van der Waals surface area (Å²) >= 11 is 16.9. The fraction of sp³-hybridized carbons (Fsp3) is 0.353. The van der Waals surface area contributed by atoms with Crippen LogP contribution in [0.15, 0.2) is 114 Å². The van der Waals surface area contributed by atoms with Gasteiger partial charge in [-0.15, -0.1) is 64.3 Å². The Morgan fingerprint density at radius 3 is 1.20 bits per heavy atom. The number of ketones is 2. The quantitative estimate of drug-likeness (QED) is 0.0638. The first-order valence-corrected chi connectivity index (χ1v) is 36.6. The van der Waals surface area contributed by atoms with Crippen molar-refractivity contribution < 1.29 is 143 Å². The standard InChI is InChI=1S/C13H11F2NO4.C11H7ClF2O3.C11H7F2NO2.C11H8F2O4.C9H5F2NO2.C7H3BrF2O2.C4H5NO.C2H4BrCl.Cl2OS/c1-2-18-7-10(17)9(6-16)8-3-4-11-12(5-8)20-13(14,15)19-11;12-9(15)10(3-4-10)6-1-2-7-8(5-6)17-11(13,14)16-7;12-11(13)15-8-2-1-7(5-9(8)16-11)10(6-14)3-4-10;12-11(13)16-7-2-1-6(5-8(7)17-11)10(3-4-10)9(14)15;10-9(11)13-7-2-1-6(3-4-12)5-8(7)14-9;8-4-1-2-5-6(3-4)12-7(9,10)11-5;1-4(6)2-3-5;3-1-2-4;1-4(2)3/h3-5,9H,2,7H2,1H3;1-2,5H,3-4H2;1-2,5H,3-4H2;1-2,5H,3-4H2,(H,14,15);1-2,5H,3H2;1-3H;2H2,1H3;1-2H2;.